The van der Waals surface area contributed by atoms with E-state index < -0.39 is 35.4 Å². The molecule has 9 heteroatoms. The minimum atomic E-state index is -4.87. The van der Waals surface area contributed by atoms with Gasteiger partial charge in [-0.15, -0.1) is 0 Å². The van der Waals surface area contributed by atoms with Gasteiger partial charge in [-0.25, -0.2) is 14.2 Å². The number of carboxylic acid groups (broad SMARTS) is 1. The molecule has 1 N–H and O–H groups in total. The maximum atomic E-state index is 14.5. The number of imidazole rings is 1. The number of hydrogen-bond acceptors (Lipinski definition) is 3. The largest absolute Gasteiger partial charge is 0.478 e. The summed E-state index contributed by atoms with van der Waals surface area (Å²) in [4.78, 5) is 38.5. The number of hydrogen-bond donors (Lipinski definition) is 1. The van der Waals surface area contributed by atoms with Crippen LogP contribution in [0.2, 0.25) is 0 Å². The standard InChI is InChI=1S/C30H33F3N2O4/c1-19(2)12-17-25-26(30(31,32)33)35(27(36)22-8-4-3-5-9-22)29(39)34(25)18-20-13-15-21(16-14-20)23-10-6-7-11-24(23)28(37)38/h6-7,10-11,13-16,19,22H,3-5,8-9,12,17-18H2,1-2H3,(H,37,38). The number of carbonyl (C=O) groups excluding carboxylic acids is 1. The van der Waals surface area contributed by atoms with E-state index >= 15 is 0 Å². The second-order valence-corrected chi connectivity index (χ2v) is 10.7. The molecule has 0 amide bonds. The summed E-state index contributed by atoms with van der Waals surface area (Å²) < 4.78 is 44.9. The van der Waals surface area contributed by atoms with E-state index in [1.165, 1.54) is 6.07 Å². The van der Waals surface area contributed by atoms with Gasteiger partial charge in [0.05, 0.1) is 17.8 Å². The monoisotopic (exact) mass is 542 g/mol. The molecule has 3 aromatic rings. The maximum Gasteiger partial charge on any atom is 0.433 e. The number of aromatic carboxylic acids is 1. The maximum absolute atomic E-state index is 14.5. The van der Waals surface area contributed by atoms with Gasteiger partial charge >= 0.3 is 17.8 Å². The first-order chi connectivity index (χ1) is 18.5. The van der Waals surface area contributed by atoms with Crippen molar-refractivity contribution in [3.05, 3.63) is 81.5 Å². The van der Waals surface area contributed by atoms with Gasteiger partial charge in [-0.05, 0) is 54.4 Å². The van der Waals surface area contributed by atoms with Crippen molar-refractivity contribution in [1.29, 1.82) is 0 Å². The fraction of sp³-hybridized carbons (Fsp3) is 0.433. The smallest absolute Gasteiger partial charge is 0.433 e. The van der Waals surface area contributed by atoms with Crippen LogP contribution in [0.1, 0.15) is 84.5 Å². The number of benzene rings is 2. The van der Waals surface area contributed by atoms with E-state index in [-0.39, 0.29) is 30.1 Å². The minimum Gasteiger partial charge on any atom is -0.478 e. The van der Waals surface area contributed by atoms with Gasteiger partial charge in [0.1, 0.15) is 0 Å². The Morgan fingerprint density at radius 3 is 2.23 bits per heavy atom. The van der Waals surface area contributed by atoms with Crippen LogP contribution in [0, 0.1) is 11.8 Å². The van der Waals surface area contributed by atoms with Crippen molar-refractivity contribution in [3.63, 3.8) is 0 Å². The average molecular weight is 543 g/mol. The fourth-order valence-electron chi connectivity index (χ4n) is 5.35. The highest BCUT2D eigenvalue weighted by molar-refractivity contribution is 5.96. The van der Waals surface area contributed by atoms with Gasteiger partial charge in [0.2, 0.25) is 5.91 Å². The Balaban J connectivity index is 1.77. The number of carboxylic acids is 1. The molecule has 39 heavy (non-hydrogen) atoms. The van der Waals surface area contributed by atoms with Gasteiger partial charge in [0, 0.05) is 5.92 Å². The normalized spacial score (nSPS) is 14.6. The third-order valence-corrected chi connectivity index (χ3v) is 7.41. The summed E-state index contributed by atoms with van der Waals surface area (Å²) in [6.07, 6.45) is -1.03. The van der Waals surface area contributed by atoms with E-state index in [9.17, 15) is 32.7 Å². The lowest BCUT2D eigenvalue weighted by molar-refractivity contribution is -0.143. The summed E-state index contributed by atoms with van der Waals surface area (Å²) in [7, 11) is 0. The molecule has 0 spiro atoms. The second kappa shape index (κ2) is 11.6. The van der Waals surface area contributed by atoms with Crippen molar-refractivity contribution in [2.24, 2.45) is 11.8 Å². The highest BCUT2D eigenvalue weighted by Crippen LogP contribution is 2.35. The highest BCUT2D eigenvalue weighted by atomic mass is 19.4. The molecule has 1 heterocycles. The summed E-state index contributed by atoms with van der Waals surface area (Å²) in [6, 6.07) is 13.2. The molecule has 0 saturated heterocycles. The summed E-state index contributed by atoms with van der Waals surface area (Å²) in [5.74, 6) is -2.34. The fourth-order valence-corrected chi connectivity index (χ4v) is 5.35. The molecule has 1 aliphatic carbocycles. The number of nitrogens with zero attached hydrogens (tertiary/aromatic N) is 2. The zero-order valence-electron chi connectivity index (χ0n) is 22.1. The Morgan fingerprint density at radius 1 is 1.00 bits per heavy atom. The van der Waals surface area contributed by atoms with Gasteiger partial charge in [-0.1, -0.05) is 75.6 Å². The molecule has 0 atom stereocenters. The molecule has 1 aromatic heterocycles. The van der Waals surface area contributed by atoms with Gasteiger partial charge in [-0.3, -0.25) is 9.36 Å². The quantitative estimate of drug-likeness (QED) is 0.336. The van der Waals surface area contributed by atoms with Gasteiger partial charge in [0.25, 0.3) is 0 Å². The second-order valence-electron chi connectivity index (χ2n) is 10.7. The van der Waals surface area contributed by atoms with Crippen molar-refractivity contribution >= 4 is 11.9 Å². The lowest BCUT2D eigenvalue weighted by Gasteiger charge is -2.21. The highest BCUT2D eigenvalue weighted by Gasteiger charge is 2.43. The number of alkyl halides is 3. The molecule has 0 unspecified atom stereocenters. The van der Waals surface area contributed by atoms with Crippen LogP contribution in [-0.4, -0.2) is 26.1 Å². The number of rotatable bonds is 8. The van der Waals surface area contributed by atoms with E-state index in [2.05, 4.69) is 0 Å². The first-order valence-corrected chi connectivity index (χ1v) is 13.4. The molecule has 4 rings (SSSR count). The zero-order chi connectivity index (χ0) is 28.3. The molecular formula is C30H33F3N2O4. The third kappa shape index (κ3) is 6.18. The molecule has 208 valence electrons. The van der Waals surface area contributed by atoms with Gasteiger partial charge < -0.3 is 5.11 Å². The molecule has 1 fully saturated rings. The number of carbonyl (C=O) groups is 2. The zero-order valence-corrected chi connectivity index (χ0v) is 22.1. The molecular weight excluding hydrogens is 509 g/mol. The molecule has 0 bridgehead atoms. The van der Waals surface area contributed by atoms with Crippen LogP contribution in [0.15, 0.2) is 53.3 Å². The first-order valence-electron chi connectivity index (χ1n) is 13.4. The minimum absolute atomic E-state index is 0.0107. The van der Waals surface area contributed by atoms with Crippen molar-refractivity contribution < 1.29 is 27.9 Å². The van der Waals surface area contributed by atoms with Crippen LogP contribution in [-0.2, 0) is 19.1 Å². The van der Waals surface area contributed by atoms with Crippen molar-refractivity contribution in [1.82, 2.24) is 9.13 Å². The van der Waals surface area contributed by atoms with Crippen molar-refractivity contribution in [2.45, 2.75) is 71.5 Å². The van der Waals surface area contributed by atoms with E-state index in [0.717, 1.165) is 23.8 Å². The Hall–Kier alpha value is -3.62. The summed E-state index contributed by atoms with van der Waals surface area (Å²) in [5.41, 5.74) is -0.459. The Kier molecular flexibility index (Phi) is 8.47. The third-order valence-electron chi connectivity index (χ3n) is 7.41. The average Bonchev–Trinajstić information content (AvgIpc) is 3.19. The van der Waals surface area contributed by atoms with Crippen LogP contribution in [0.4, 0.5) is 13.2 Å². The van der Waals surface area contributed by atoms with Gasteiger partial charge in [0.15, 0.2) is 5.69 Å². The molecule has 0 radical (unpaired) electrons. The summed E-state index contributed by atoms with van der Waals surface area (Å²) in [6.45, 7) is 3.66. The SMILES string of the molecule is CC(C)CCc1c(C(F)(F)F)n(C(=O)C2CCCCC2)c(=O)n1Cc1ccc(-c2ccccc2C(=O)O)cc1. The van der Waals surface area contributed by atoms with Crippen LogP contribution in [0.25, 0.3) is 11.1 Å². The number of aromatic nitrogens is 2. The van der Waals surface area contributed by atoms with E-state index in [0.29, 0.717) is 40.5 Å². The summed E-state index contributed by atoms with van der Waals surface area (Å²) in [5, 5.41) is 9.50. The Morgan fingerprint density at radius 2 is 1.64 bits per heavy atom. The van der Waals surface area contributed by atoms with Crippen molar-refractivity contribution in [3.8, 4) is 11.1 Å². The van der Waals surface area contributed by atoms with E-state index in [1.54, 1.807) is 42.5 Å². The van der Waals surface area contributed by atoms with E-state index in [1.807, 2.05) is 13.8 Å². The van der Waals surface area contributed by atoms with Crippen LogP contribution < -0.4 is 5.69 Å². The Bertz CT molecular complexity index is 1400. The van der Waals surface area contributed by atoms with Gasteiger partial charge in [-0.2, -0.15) is 13.2 Å². The first kappa shape index (κ1) is 28.4. The Labute approximate surface area is 225 Å². The van der Waals surface area contributed by atoms with E-state index in [4.69, 9.17) is 0 Å². The summed E-state index contributed by atoms with van der Waals surface area (Å²) >= 11 is 0. The molecule has 6 nitrogen and oxygen atoms in total. The lowest BCUT2D eigenvalue weighted by Crippen LogP contribution is -2.36. The molecule has 2 aromatic carbocycles. The van der Waals surface area contributed by atoms with Crippen molar-refractivity contribution in [2.75, 3.05) is 0 Å². The predicted octanol–water partition coefficient (Wildman–Crippen LogP) is 6.89. The molecule has 1 aliphatic rings. The lowest BCUT2D eigenvalue weighted by atomic mass is 9.88. The van der Waals surface area contributed by atoms with Crippen LogP contribution >= 0.6 is 0 Å². The topological polar surface area (TPSA) is 81.3 Å². The van der Waals surface area contributed by atoms with Crippen LogP contribution in [0.3, 0.4) is 0 Å². The molecule has 1 saturated carbocycles. The number of halogens is 3. The predicted molar refractivity (Wildman–Crippen MR) is 142 cm³/mol. The van der Waals surface area contributed by atoms with Crippen LogP contribution in [0.5, 0.6) is 0 Å². The molecule has 0 aliphatic heterocycles.